The lowest BCUT2D eigenvalue weighted by Gasteiger charge is -2.19. The fourth-order valence-corrected chi connectivity index (χ4v) is 2.31. The minimum atomic E-state index is 0.410. The zero-order valence-corrected chi connectivity index (χ0v) is 9.85. The molecule has 0 radical (unpaired) electrons. The van der Waals surface area contributed by atoms with E-state index in [-0.39, 0.29) is 0 Å². The van der Waals surface area contributed by atoms with Crippen molar-refractivity contribution in [2.24, 2.45) is 0 Å². The van der Waals surface area contributed by atoms with Crippen LogP contribution in [0.15, 0.2) is 30.4 Å². The number of hydrogen-bond acceptors (Lipinski definition) is 1. The highest BCUT2D eigenvalue weighted by Gasteiger charge is 2.08. The summed E-state index contributed by atoms with van der Waals surface area (Å²) in [5.74, 6) is 0. The van der Waals surface area contributed by atoms with Crippen LogP contribution in [0.2, 0.25) is 10.0 Å². The Morgan fingerprint density at radius 2 is 1.87 bits per heavy atom. The molecule has 0 bridgehead atoms. The fraction of sp³-hybridized carbons (Fsp3) is 0.333. The minimum absolute atomic E-state index is 0.410. The van der Waals surface area contributed by atoms with Crippen molar-refractivity contribution >= 4 is 28.9 Å². The van der Waals surface area contributed by atoms with Crippen LogP contribution in [0.1, 0.15) is 19.3 Å². The highest BCUT2D eigenvalue weighted by molar-refractivity contribution is 6.35. The molecule has 0 amide bonds. The van der Waals surface area contributed by atoms with Gasteiger partial charge in [-0.15, -0.1) is 0 Å². The summed E-state index contributed by atoms with van der Waals surface area (Å²) in [6.45, 7) is 0. The first-order valence-electron chi connectivity index (χ1n) is 5.13. The number of benzene rings is 1. The van der Waals surface area contributed by atoms with Gasteiger partial charge in [0.05, 0.1) is 0 Å². The summed E-state index contributed by atoms with van der Waals surface area (Å²) in [7, 11) is 0. The highest BCUT2D eigenvalue weighted by Crippen LogP contribution is 2.24. The Hall–Kier alpha value is -0.660. The Kier molecular flexibility index (Phi) is 3.55. The molecule has 1 aromatic carbocycles. The van der Waals surface area contributed by atoms with Gasteiger partial charge in [0.1, 0.15) is 0 Å². The Bertz CT molecular complexity index is 354. The molecular formula is C12H13Cl2N. The van der Waals surface area contributed by atoms with Crippen LogP contribution in [0.4, 0.5) is 5.69 Å². The molecule has 0 spiro atoms. The number of hydrogen-bond donors (Lipinski definition) is 1. The smallest absolute Gasteiger partial charge is 0.0444 e. The van der Waals surface area contributed by atoms with Crippen molar-refractivity contribution in [3.8, 4) is 0 Å². The first kappa shape index (κ1) is 10.8. The van der Waals surface area contributed by atoms with Crippen molar-refractivity contribution in [1.82, 2.24) is 0 Å². The predicted molar refractivity (Wildman–Crippen MR) is 66.9 cm³/mol. The number of rotatable bonds is 2. The molecule has 1 aromatic rings. The summed E-state index contributed by atoms with van der Waals surface area (Å²) in [5.41, 5.74) is 0.990. The third kappa shape index (κ3) is 3.15. The van der Waals surface area contributed by atoms with Crippen LogP contribution >= 0.6 is 23.2 Å². The second-order valence-corrected chi connectivity index (χ2v) is 4.64. The fourth-order valence-electron chi connectivity index (χ4n) is 1.78. The summed E-state index contributed by atoms with van der Waals surface area (Å²) < 4.78 is 0. The summed E-state index contributed by atoms with van der Waals surface area (Å²) in [6.07, 6.45) is 8.02. The Morgan fingerprint density at radius 1 is 1.13 bits per heavy atom. The second kappa shape index (κ2) is 4.91. The van der Waals surface area contributed by atoms with Crippen LogP contribution in [-0.4, -0.2) is 6.04 Å². The molecule has 0 saturated carbocycles. The second-order valence-electron chi connectivity index (χ2n) is 3.77. The Balaban J connectivity index is 2.09. The maximum atomic E-state index is 5.93. The van der Waals surface area contributed by atoms with Gasteiger partial charge in [-0.1, -0.05) is 35.4 Å². The maximum absolute atomic E-state index is 5.93. The van der Waals surface area contributed by atoms with Gasteiger partial charge in [-0.3, -0.25) is 0 Å². The lowest BCUT2D eigenvalue weighted by molar-refractivity contribution is 0.674. The number of nitrogens with one attached hydrogen (secondary N) is 1. The first-order chi connectivity index (χ1) is 7.24. The molecule has 1 unspecified atom stereocenters. The third-order valence-electron chi connectivity index (χ3n) is 2.47. The molecule has 0 aromatic heterocycles. The average molecular weight is 242 g/mol. The van der Waals surface area contributed by atoms with Crippen molar-refractivity contribution in [2.75, 3.05) is 5.32 Å². The van der Waals surface area contributed by atoms with Crippen molar-refractivity contribution in [3.05, 3.63) is 40.4 Å². The van der Waals surface area contributed by atoms with E-state index in [1.807, 2.05) is 12.1 Å². The molecule has 3 heteroatoms. The molecule has 1 atom stereocenters. The quantitative estimate of drug-likeness (QED) is 0.752. The molecule has 0 saturated heterocycles. The largest absolute Gasteiger partial charge is 0.379 e. The van der Waals surface area contributed by atoms with Gasteiger partial charge in [0.25, 0.3) is 0 Å². The van der Waals surface area contributed by atoms with Gasteiger partial charge in [-0.25, -0.2) is 0 Å². The average Bonchev–Trinajstić information content (AvgIpc) is 2.17. The van der Waals surface area contributed by atoms with Gasteiger partial charge in [0.15, 0.2) is 0 Å². The van der Waals surface area contributed by atoms with Gasteiger partial charge in [-0.05, 0) is 37.5 Å². The van der Waals surface area contributed by atoms with E-state index < -0.39 is 0 Å². The van der Waals surface area contributed by atoms with Crippen LogP contribution in [0.25, 0.3) is 0 Å². The lowest BCUT2D eigenvalue weighted by atomic mass is 10.0. The van der Waals surface area contributed by atoms with E-state index in [0.29, 0.717) is 16.1 Å². The van der Waals surface area contributed by atoms with Crippen LogP contribution in [0.3, 0.4) is 0 Å². The summed E-state index contributed by atoms with van der Waals surface area (Å²) in [5, 5.41) is 4.75. The zero-order valence-electron chi connectivity index (χ0n) is 8.34. The number of allylic oxidation sites excluding steroid dienone is 1. The number of halogens is 2. The van der Waals surface area contributed by atoms with Crippen molar-refractivity contribution in [3.63, 3.8) is 0 Å². The molecule has 80 valence electrons. The van der Waals surface area contributed by atoms with E-state index in [4.69, 9.17) is 23.2 Å². The van der Waals surface area contributed by atoms with Crippen molar-refractivity contribution in [1.29, 1.82) is 0 Å². The molecular weight excluding hydrogens is 229 g/mol. The molecule has 0 fully saturated rings. The minimum Gasteiger partial charge on any atom is -0.379 e. The highest BCUT2D eigenvalue weighted by atomic mass is 35.5. The molecule has 1 aliphatic rings. The summed E-state index contributed by atoms with van der Waals surface area (Å²) in [6, 6.07) is 5.95. The summed E-state index contributed by atoms with van der Waals surface area (Å²) in [4.78, 5) is 0. The Morgan fingerprint density at radius 3 is 2.47 bits per heavy atom. The van der Waals surface area contributed by atoms with Crippen LogP contribution in [0.5, 0.6) is 0 Å². The molecule has 1 aliphatic carbocycles. The standard InChI is InChI=1S/C12H13Cl2N/c13-9-6-10(14)8-12(7-9)15-11-4-2-1-3-5-11/h2,4,6-8,11,15H,1,3,5H2. The maximum Gasteiger partial charge on any atom is 0.0444 e. The van der Waals surface area contributed by atoms with Crippen LogP contribution in [-0.2, 0) is 0 Å². The van der Waals surface area contributed by atoms with E-state index in [0.717, 1.165) is 5.69 Å². The van der Waals surface area contributed by atoms with E-state index >= 15 is 0 Å². The Labute approximate surface area is 100 Å². The normalized spacial score (nSPS) is 20.3. The number of anilines is 1. The SMILES string of the molecule is Clc1cc(Cl)cc(NC2C=CCCC2)c1. The first-order valence-corrected chi connectivity index (χ1v) is 5.89. The van der Waals surface area contributed by atoms with E-state index in [9.17, 15) is 0 Å². The van der Waals surface area contributed by atoms with Crippen LogP contribution in [0, 0.1) is 0 Å². The van der Waals surface area contributed by atoms with E-state index in [1.54, 1.807) is 6.07 Å². The molecule has 0 aliphatic heterocycles. The predicted octanol–water partition coefficient (Wildman–Crippen LogP) is 4.51. The molecule has 1 nitrogen and oxygen atoms in total. The molecule has 0 heterocycles. The molecule has 2 rings (SSSR count). The van der Waals surface area contributed by atoms with Crippen molar-refractivity contribution in [2.45, 2.75) is 25.3 Å². The zero-order chi connectivity index (χ0) is 10.7. The lowest BCUT2D eigenvalue weighted by Crippen LogP contribution is -2.18. The third-order valence-corrected chi connectivity index (χ3v) is 2.91. The van der Waals surface area contributed by atoms with Gasteiger partial charge >= 0.3 is 0 Å². The topological polar surface area (TPSA) is 12.0 Å². The van der Waals surface area contributed by atoms with E-state index in [2.05, 4.69) is 17.5 Å². The van der Waals surface area contributed by atoms with Gasteiger partial charge in [0, 0.05) is 21.8 Å². The van der Waals surface area contributed by atoms with Gasteiger partial charge < -0.3 is 5.32 Å². The summed E-state index contributed by atoms with van der Waals surface area (Å²) >= 11 is 11.9. The van der Waals surface area contributed by atoms with Crippen molar-refractivity contribution < 1.29 is 0 Å². The van der Waals surface area contributed by atoms with Gasteiger partial charge in [0.2, 0.25) is 0 Å². The molecule has 15 heavy (non-hydrogen) atoms. The monoisotopic (exact) mass is 241 g/mol. The van der Waals surface area contributed by atoms with Gasteiger partial charge in [-0.2, -0.15) is 0 Å². The van der Waals surface area contributed by atoms with Crippen LogP contribution < -0.4 is 5.32 Å². The molecule has 1 N–H and O–H groups in total. The van der Waals surface area contributed by atoms with E-state index in [1.165, 1.54) is 19.3 Å².